The molecule has 7 heteroatoms. The molecule has 4 aromatic rings. The van der Waals surface area contributed by atoms with Crippen molar-refractivity contribution in [2.75, 3.05) is 5.32 Å². The number of carbonyl (C=O) groups excluding carboxylic acids is 1. The molecular formula is C24H22ClN3O3. The Morgan fingerprint density at radius 3 is 2.74 bits per heavy atom. The molecule has 2 heterocycles. The van der Waals surface area contributed by atoms with Crippen molar-refractivity contribution >= 4 is 23.2 Å². The monoisotopic (exact) mass is 435 g/mol. The molecule has 0 unspecified atom stereocenters. The molecule has 0 spiro atoms. The van der Waals surface area contributed by atoms with E-state index in [9.17, 15) is 4.79 Å². The van der Waals surface area contributed by atoms with Gasteiger partial charge >= 0.3 is 0 Å². The third kappa shape index (κ3) is 5.35. The summed E-state index contributed by atoms with van der Waals surface area (Å²) in [5.74, 6) is 1.24. The van der Waals surface area contributed by atoms with Crippen molar-refractivity contribution < 1.29 is 13.9 Å². The minimum atomic E-state index is -0.343. The van der Waals surface area contributed by atoms with Crippen molar-refractivity contribution in [2.45, 2.75) is 27.0 Å². The summed E-state index contributed by atoms with van der Waals surface area (Å²) in [6, 6.07) is 16.9. The molecule has 0 atom stereocenters. The zero-order chi connectivity index (χ0) is 21.8. The van der Waals surface area contributed by atoms with Crippen LogP contribution in [0, 0.1) is 13.8 Å². The molecule has 6 nitrogen and oxygen atoms in total. The van der Waals surface area contributed by atoms with E-state index in [0.29, 0.717) is 23.0 Å². The molecule has 31 heavy (non-hydrogen) atoms. The number of furan rings is 1. The van der Waals surface area contributed by atoms with Crippen molar-refractivity contribution in [3.05, 3.63) is 100 Å². The lowest BCUT2D eigenvalue weighted by Crippen LogP contribution is -2.10. The van der Waals surface area contributed by atoms with Gasteiger partial charge in [-0.25, -0.2) is 0 Å². The Balaban J connectivity index is 1.34. The highest BCUT2D eigenvalue weighted by Crippen LogP contribution is 2.21. The maximum atomic E-state index is 12.5. The number of nitrogens with one attached hydrogen (secondary N) is 1. The van der Waals surface area contributed by atoms with Gasteiger partial charge in [0, 0.05) is 11.2 Å². The zero-order valence-corrected chi connectivity index (χ0v) is 18.0. The molecule has 0 aliphatic heterocycles. The van der Waals surface area contributed by atoms with Crippen LogP contribution in [0.15, 0.2) is 71.4 Å². The number of hydrogen-bond acceptors (Lipinski definition) is 4. The topological polar surface area (TPSA) is 69.3 Å². The molecule has 1 amide bonds. The third-order valence-electron chi connectivity index (χ3n) is 4.75. The van der Waals surface area contributed by atoms with Gasteiger partial charge in [0.2, 0.25) is 0 Å². The van der Waals surface area contributed by atoms with Crippen LogP contribution in [-0.2, 0) is 13.2 Å². The van der Waals surface area contributed by atoms with Crippen LogP contribution in [0.25, 0.3) is 0 Å². The van der Waals surface area contributed by atoms with Gasteiger partial charge in [-0.1, -0.05) is 35.9 Å². The Hall–Kier alpha value is -3.51. The van der Waals surface area contributed by atoms with E-state index in [1.54, 1.807) is 29.2 Å². The molecular weight excluding hydrogens is 414 g/mol. The maximum absolute atomic E-state index is 12.5. The highest BCUT2D eigenvalue weighted by molar-refractivity contribution is 6.30. The number of halogens is 1. The summed E-state index contributed by atoms with van der Waals surface area (Å²) < 4.78 is 13.2. The second kappa shape index (κ2) is 9.10. The Morgan fingerprint density at radius 2 is 1.94 bits per heavy atom. The number of anilines is 1. The fraction of sp³-hybridized carbons (Fsp3) is 0.167. The molecule has 0 aliphatic rings. The van der Waals surface area contributed by atoms with Crippen molar-refractivity contribution in [3.63, 3.8) is 0 Å². The van der Waals surface area contributed by atoms with Crippen molar-refractivity contribution in [1.29, 1.82) is 0 Å². The van der Waals surface area contributed by atoms with Gasteiger partial charge in [-0.05, 0) is 60.9 Å². The Kier molecular flexibility index (Phi) is 6.09. The number of aromatic nitrogens is 2. The second-order valence-electron chi connectivity index (χ2n) is 7.33. The number of nitrogens with zero attached hydrogens (tertiary/aromatic N) is 2. The van der Waals surface area contributed by atoms with Gasteiger partial charge in [0.25, 0.3) is 5.91 Å². The van der Waals surface area contributed by atoms with Gasteiger partial charge in [0.1, 0.15) is 18.1 Å². The maximum Gasteiger partial charge on any atom is 0.291 e. The molecule has 4 rings (SSSR count). The van der Waals surface area contributed by atoms with Crippen LogP contribution in [-0.4, -0.2) is 15.7 Å². The van der Waals surface area contributed by atoms with Crippen LogP contribution in [0.2, 0.25) is 5.02 Å². The van der Waals surface area contributed by atoms with E-state index in [4.69, 9.17) is 20.8 Å². The molecule has 0 saturated heterocycles. The number of carbonyl (C=O) groups is 1. The molecule has 0 aliphatic carbocycles. The number of aryl methyl sites for hydroxylation is 2. The predicted octanol–water partition coefficient (Wildman–Crippen LogP) is 5.63. The van der Waals surface area contributed by atoms with Crippen molar-refractivity contribution in [3.8, 4) is 5.75 Å². The summed E-state index contributed by atoms with van der Waals surface area (Å²) >= 11 is 5.91. The quantitative estimate of drug-likeness (QED) is 0.408. The van der Waals surface area contributed by atoms with Crippen molar-refractivity contribution in [2.24, 2.45) is 0 Å². The van der Waals surface area contributed by atoms with Crippen molar-refractivity contribution in [1.82, 2.24) is 9.78 Å². The van der Waals surface area contributed by atoms with Crippen LogP contribution >= 0.6 is 11.6 Å². The first-order valence-corrected chi connectivity index (χ1v) is 10.2. The first-order chi connectivity index (χ1) is 15.0. The molecule has 0 bridgehead atoms. The van der Waals surface area contributed by atoms with E-state index in [2.05, 4.69) is 10.4 Å². The Morgan fingerprint density at radius 1 is 1.13 bits per heavy atom. The van der Waals surface area contributed by atoms with Gasteiger partial charge in [0.15, 0.2) is 5.76 Å². The van der Waals surface area contributed by atoms with E-state index in [1.165, 1.54) is 0 Å². The van der Waals surface area contributed by atoms with Crippen LogP contribution < -0.4 is 10.1 Å². The molecule has 158 valence electrons. The second-order valence-corrected chi connectivity index (χ2v) is 7.77. The van der Waals surface area contributed by atoms with E-state index >= 15 is 0 Å². The summed E-state index contributed by atoms with van der Waals surface area (Å²) in [5, 5.41) is 7.77. The van der Waals surface area contributed by atoms with Gasteiger partial charge in [0.05, 0.1) is 18.4 Å². The lowest BCUT2D eigenvalue weighted by atomic mass is 10.1. The average molecular weight is 436 g/mol. The van der Waals surface area contributed by atoms with E-state index < -0.39 is 0 Å². The van der Waals surface area contributed by atoms with Gasteiger partial charge < -0.3 is 14.5 Å². The summed E-state index contributed by atoms with van der Waals surface area (Å²) in [4.78, 5) is 12.5. The molecule has 0 fully saturated rings. The first-order valence-electron chi connectivity index (χ1n) is 9.83. The summed E-state index contributed by atoms with van der Waals surface area (Å²) in [7, 11) is 0. The molecule has 0 radical (unpaired) electrons. The predicted molar refractivity (Wildman–Crippen MR) is 120 cm³/mol. The van der Waals surface area contributed by atoms with Crippen LogP contribution in [0.4, 0.5) is 5.69 Å². The fourth-order valence-electron chi connectivity index (χ4n) is 3.07. The minimum Gasteiger partial charge on any atom is -0.485 e. The summed E-state index contributed by atoms with van der Waals surface area (Å²) in [6.07, 6.45) is 3.36. The number of hydrogen-bond donors (Lipinski definition) is 1. The number of rotatable bonds is 7. The highest BCUT2D eigenvalue weighted by atomic mass is 35.5. The van der Waals surface area contributed by atoms with E-state index in [-0.39, 0.29) is 18.3 Å². The van der Waals surface area contributed by atoms with Gasteiger partial charge in [-0.3, -0.25) is 9.48 Å². The lowest BCUT2D eigenvalue weighted by molar-refractivity contribution is 0.0992. The van der Waals surface area contributed by atoms with Crippen LogP contribution in [0.1, 0.15) is 33.0 Å². The van der Waals surface area contributed by atoms with Crippen LogP contribution in [0.3, 0.4) is 0 Å². The van der Waals surface area contributed by atoms with Gasteiger partial charge in [-0.2, -0.15) is 5.10 Å². The largest absolute Gasteiger partial charge is 0.485 e. The first kappa shape index (κ1) is 20.8. The summed E-state index contributed by atoms with van der Waals surface area (Å²) in [5.41, 5.74) is 3.82. The normalized spacial score (nSPS) is 10.8. The average Bonchev–Trinajstić information content (AvgIpc) is 3.40. The zero-order valence-electron chi connectivity index (χ0n) is 17.3. The Bertz CT molecular complexity index is 1200. The van der Waals surface area contributed by atoms with Crippen LogP contribution in [0.5, 0.6) is 5.75 Å². The lowest BCUT2D eigenvalue weighted by Gasteiger charge is -2.08. The minimum absolute atomic E-state index is 0.213. The number of amides is 1. The van der Waals surface area contributed by atoms with Gasteiger partial charge in [-0.15, -0.1) is 0 Å². The third-order valence-corrected chi connectivity index (χ3v) is 5.00. The highest BCUT2D eigenvalue weighted by Gasteiger charge is 2.13. The van der Waals surface area contributed by atoms with E-state index in [1.807, 2.05) is 56.3 Å². The van der Waals surface area contributed by atoms with E-state index in [0.717, 1.165) is 22.4 Å². The molecule has 0 saturated carbocycles. The molecule has 2 aromatic heterocycles. The standard InChI is InChI=1S/C24H22ClN3O3/c1-16-3-4-17(2)23(11-16)30-15-21-9-10-22(31-21)24(29)27-20-12-26-28(14-20)13-18-5-7-19(25)8-6-18/h3-12,14H,13,15H2,1-2H3,(H,27,29). The molecule has 2 aromatic carbocycles. The number of benzene rings is 2. The number of ether oxygens (including phenoxy) is 1. The smallest absolute Gasteiger partial charge is 0.291 e. The SMILES string of the molecule is Cc1ccc(C)c(OCc2ccc(C(=O)Nc3cnn(Cc4ccc(Cl)cc4)c3)o2)c1. The Labute approximate surface area is 185 Å². The summed E-state index contributed by atoms with van der Waals surface area (Å²) in [6.45, 7) is 4.83. The molecule has 1 N–H and O–H groups in total. The fourth-order valence-corrected chi connectivity index (χ4v) is 3.20.